The molecule has 3 rings (SSSR count). The molecule has 0 aliphatic carbocycles. The van der Waals surface area contributed by atoms with E-state index >= 15 is 0 Å². The van der Waals surface area contributed by atoms with E-state index in [-0.39, 0.29) is 36.7 Å². The van der Waals surface area contributed by atoms with Gasteiger partial charge in [0.2, 0.25) is 11.8 Å². The molecule has 1 N–H and O–H groups in total. The number of ether oxygens (including phenoxy) is 1. The zero-order valence-electron chi connectivity index (χ0n) is 13.8. The molecule has 1 atom stereocenters. The smallest absolute Gasteiger partial charge is 0.338 e. The fourth-order valence-corrected chi connectivity index (χ4v) is 3.10. The van der Waals surface area contributed by atoms with Gasteiger partial charge in [0.15, 0.2) is 6.61 Å². The minimum Gasteiger partial charge on any atom is -0.452 e. The van der Waals surface area contributed by atoms with Gasteiger partial charge in [-0.15, -0.1) is 0 Å². The Labute approximate surface area is 145 Å². The lowest BCUT2D eigenvalue weighted by atomic mass is 9.97. The highest BCUT2D eigenvalue weighted by molar-refractivity contribution is 6.03. The first kappa shape index (κ1) is 17.1. The summed E-state index contributed by atoms with van der Waals surface area (Å²) in [6, 6.07) is 6.67. The van der Waals surface area contributed by atoms with Crippen molar-refractivity contribution in [3.63, 3.8) is 0 Å². The molecule has 7 heteroatoms. The van der Waals surface area contributed by atoms with Gasteiger partial charge in [-0.3, -0.25) is 19.7 Å². The molecule has 0 unspecified atom stereocenters. The number of benzene rings is 1. The molecule has 132 valence electrons. The van der Waals surface area contributed by atoms with E-state index in [1.807, 2.05) is 0 Å². The van der Waals surface area contributed by atoms with Crippen LogP contribution in [0.15, 0.2) is 24.3 Å². The summed E-state index contributed by atoms with van der Waals surface area (Å²) >= 11 is 0. The highest BCUT2D eigenvalue weighted by Crippen LogP contribution is 2.18. The Kier molecular flexibility index (Phi) is 5.11. The lowest BCUT2D eigenvalue weighted by molar-refractivity contribution is -0.133. The van der Waals surface area contributed by atoms with E-state index in [0.717, 1.165) is 31.5 Å². The molecule has 0 saturated carbocycles. The Balaban J connectivity index is 1.51. The van der Waals surface area contributed by atoms with E-state index in [2.05, 4.69) is 5.32 Å². The Morgan fingerprint density at radius 1 is 1.12 bits per heavy atom. The molecular weight excluding hydrogens is 324 g/mol. The fraction of sp³-hybridized carbons (Fsp3) is 0.444. The number of imide groups is 1. The Morgan fingerprint density at radius 2 is 1.80 bits per heavy atom. The first-order chi connectivity index (χ1) is 12.0. The third kappa shape index (κ3) is 4.23. The van der Waals surface area contributed by atoms with Gasteiger partial charge >= 0.3 is 5.97 Å². The van der Waals surface area contributed by atoms with Crippen molar-refractivity contribution in [3.8, 4) is 0 Å². The van der Waals surface area contributed by atoms with Gasteiger partial charge in [0.05, 0.1) is 11.5 Å². The van der Waals surface area contributed by atoms with Crippen molar-refractivity contribution in [1.82, 2.24) is 10.2 Å². The van der Waals surface area contributed by atoms with Crippen molar-refractivity contribution in [2.45, 2.75) is 25.7 Å². The van der Waals surface area contributed by atoms with Crippen molar-refractivity contribution in [1.29, 1.82) is 0 Å². The zero-order chi connectivity index (χ0) is 17.8. The number of carbonyl (C=O) groups is 4. The molecular formula is C18H20N2O5. The molecule has 2 fully saturated rings. The van der Waals surface area contributed by atoms with Gasteiger partial charge in [-0.05, 0) is 37.0 Å². The SMILES string of the molecule is O=C1C[C@H](Cc2ccc(C(=O)OCC(=O)N3CCCC3)cc2)C(=O)N1. The second-order valence-electron chi connectivity index (χ2n) is 6.38. The fourth-order valence-electron chi connectivity index (χ4n) is 3.10. The zero-order valence-corrected chi connectivity index (χ0v) is 13.8. The summed E-state index contributed by atoms with van der Waals surface area (Å²) in [5.41, 5.74) is 1.21. The molecule has 0 bridgehead atoms. The highest BCUT2D eigenvalue weighted by atomic mass is 16.5. The number of hydrogen-bond acceptors (Lipinski definition) is 5. The first-order valence-corrected chi connectivity index (χ1v) is 8.40. The molecule has 2 aliphatic heterocycles. The van der Waals surface area contributed by atoms with Gasteiger partial charge in [-0.1, -0.05) is 12.1 Å². The average molecular weight is 344 g/mol. The van der Waals surface area contributed by atoms with Gasteiger partial charge < -0.3 is 9.64 Å². The third-order valence-electron chi connectivity index (χ3n) is 4.52. The molecule has 2 saturated heterocycles. The van der Waals surface area contributed by atoms with E-state index < -0.39 is 5.97 Å². The van der Waals surface area contributed by atoms with E-state index in [1.54, 1.807) is 29.2 Å². The predicted molar refractivity (Wildman–Crippen MR) is 87.5 cm³/mol. The minimum absolute atomic E-state index is 0.167. The monoisotopic (exact) mass is 344 g/mol. The Hall–Kier alpha value is -2.70. The lowest BCUT2D eigenvalue weighted by Gasteiger charge is -2.15. The van der Waals surface area contributed by atoms with Crippen LogP contribution in [0.25, 0.3) is 0 Å². The van der Waals surface area contributed by atoms with Crippen LogP contribution < -0.4 is 5.32 Å². The van der Waals surface area contributed by atoms with Crippen LogP contribution in [0.1, 0.15) is 35.2 Å². The molecule has 7 nitrogen and oxygen atoms in total. The van der Waals surface area contributed by atoms with E-state index in [1.165, 1.54) is 0 Å². The number of nitrogens with zero attached hydrogens (tertiary/aromatic N) is 1. The minimum atomic E-state index is -0.548. The largest absolute Gasteiger partial charge is 0.452 e. The number of nitrogens with one attached hydrogen (secondary N) is 1. The number of rotatable bonds is 5. The van der Waals surface area contributed by atoms with Gasteiger partial charge in [0.25, 0.3) is 5.91 Å². The maximum Gasteiger partial charge on any atom is 0.338 e. The average Bonchev–Trinajstić information content (AvgIpc) is 3.23. The summed E-state index contributed by atoms with van der Waals surface area (Å²) in [6.07, 6.45) is 2.62. The van der Waals surface area contributed by atoms with Crippen LogP contribution >= 0.6 is 0 Å². The molecule has 1 aromatic rings. The predicted octanol–water partition coefficient (Wildman–Crippen LogP) is 0.671. The highest BCUT2D eigenvalue weighted by Gasteiger charge is 2.30. The van der Waals surface area contributed by atoms with Crippen molar-refractivity contribution >= 4 is 23.7 Å². The molecule has 0 aromatic heterocycles. The van der Waals surface area contributed by atoms with Gasteiger partial charge in [0.1, 0.15) is 0 Å². The number of carbonyl (C=O) groups excluding carboxylic acids is 4. The molecule has 0 spiro atoms. The normalized spacial score (nSPS) is 19.8. The number of esters is 1. The van der Waals surface area contributed by atoms with Crippen molar-refractivity contribution in [2.75, 3.05) is 19.7 Å². The number of hydrogen-bond donors (Lipinski definition) is 1. The molecule has 3 amide bonds. The molecule has 1 aromatic carbocycles. The lowest BCUT2D eigenvalue weighted by Crippen LogP contribution is -2.32. The van der Waals surface area contributed by atoms with E-state index in [0.29, 0.717) is 12.0 Å². The number of likely N-dealkylation sites (tertiary alicyclic amines) is 1. The van der Waals surface area contributed by atoms with Gasteiger partial charge in [0, 0.05) is 19.5 Å². The molecule has 0 radical (unpaired) electrons. The van der Waals surface area contributed by atoms with E-state index in [9.17, 15) is 19.2 Å². The summed E-state index contributed by atoms with van der Waals surface area (Å²) < 4.78 is 5.07. The summed E-state index contributed by atoms with van der Waals surface area (Å²) in [5.74, 6) is -1.58. The summed E-state index contributed by atoms with van der Waals surface area (Å²) in [5, 5.41) is 2.28. The Bertz CT molecular complexity index is 692. The van der Waals surface area contributed by atoms with Crippen LogP contribution in [0.3, 0.4) is 0 Å². The summed E-state index contributed by atoms with van der Waals surface area (Å²) in [6.45, 7) is 1.20. The first-order valence-electron chi connectivity index (χ1n) is 8.40. The molecule has 2 heterocycles. The van der Waals surface area contributed by atoms with Crippen LogP contribution in [0.4, 0.5) is 0 Å². The van der Waals surface area contributed by atoms with Crippen molar-refractivity contribution in [3.05, 3.63) is 35.4 Å². The van der Waals surface area contributed by atoms with Gasteiger partial charge in [-0.25, -0.2) is 4.79 Å². The van der Waals surface area contributed by atoms with E-state index in [4.69, 9.17) is 4.74 Å². The molecule has 2 aliphatic rings. The standard InChI is InChI=1S/C18H20N2O5/c21-15-10-14(17(23)19-15)9-12-3-5-13(6-4-12)18(24)25-11-16(22)20-7-1-2-8-20/h3-6,14H,1-2,7-11H2,(H,19,21,23)/t14-/m0/s1. The topological polar surface area (TPSA) is 92.8 Å². The van der Waals surface area contributed by atoms with Gasteiger partial charge in [-0.2, -0.15) is 0 Å². The van der Waals surface area contributed by atoms with Crippen LogP contribution in [-0.2, 0) is 25.5 Å². The maximum absolute atomic E-state index is 12.0. The second-order valence-corrected chi connectivity index (χ2v) is 6.38. The quantitative estimate of drug-likeness (QED) is 0.626. The maximum atomic E-state index is 12.0. The molecule has 25 heavy (non-hydrogen) atoms. The third-order valence-corrected chi connectivity index (χ3v) is 4.52. The Morgan fingerprint density at radius 3 is 2.40 bits per heavy atom. The van der Waals surface area contributed by atoms with Crippen molar-refractivity contribution in [2.24, 2.45) is 5.92 Å². The van der Waals surface area contributed by atoms with Crippen LogP contribution in [-0.4, -0.2) is 48.3 Å². The van der Waals surface area contributed by atoms with Crippen LogP contribution in [0.5, 0.6) is 0 Å². The van der Waals surface area contributed by atoms with Crippen LogP contribution in [0, 0.1) is 5.92 Å². The number of amides is 3. The second kappa shape index (κ2) is 7.46. The van der Waals surface area contributed by atoms with Crippen LogP contribution in [0.2, 0.25) is 0 Å². The van der Waals surface area contributed by atoms with Crippen molar-refractivity contribution < 1.29 is 23.9 Å². The summed E-state index contributed by atoms with van der Waals surface area (Å²) in [7, 11) is 0. The summed E-state index contributed by atoms with van der Waals surface area (Å²) in [4.78, 5) is 48.4.